The summed E-state index contributed by atoms with van der Waals surface area (Å²) in [5.41, 5.74) is 1.57. The highest BCUT2D eigenvalue weighted by Gasteiger charge is 2.42. The second-order valence-electron chi connectivity index (χ2n) is 6.53. The van der Waals surface area contributed by atoms with E-state index in [-0.39, 0.29) is 12.3 Å². The van der Waals surface area contributed by atoms with Crippen LogP contribution in [0.3, 0.4) is 0 Å². The van der Waals surface area contributed by atoms with E-state index in [2.05, 4.69) is 5.32 Å². The van der Waals surface area contributed by atoms with Gasteiger partial charge < -0.3 is 5.32 Å². The highest BCUT2D eigenvalue weighted by molar-refractivity contribution is 7.09. The molecule has 0 spiro atoms. The molecular formula is C22H18N2O3S. The first kappa shape index (κ1) is 18.1. The molecule has 1 N–H and O–H groups in total. The molecular weight excluding hydrogens is 372 g/mol. The molecule has 2 heterocycles. The van der Waals surface area contributed by atoms with Gasteiger partial charge in [-0.05, 0) is 29.1 Å². The molecule has 1 atom stereocenters. The first-order valence-corrected chi connectivity index (χ1v) is 9.84. The minimum atomic E-state index is -0.908. The van der Waals surface area contributed by atoms with Crippen LogP contribution in [0.15, 0.2) is 72.1 Å². The zero-order valence-electron chi connectivity index (χ0n) is 15.0. The number of carbonyl (C=O) groups excluding carboxylic acids is 3. The van der Waals surface area contributed by atoms with Gasteiger partial charge in [0, 0.05) is 11.3 Å². The summed E-state index contributed by atoms with van der Waals surface area (Å²) >= 11 is 1.54. The minimum Gasteiger partial charge on any atom is -0.349 e. The first-order valence-electron chi connectivity index (χ1n) is 8.96. The number of carbonyl (C=O) groups is 3. The van der Waals surface area contributed by atoms with Crippen LogP contribution < -0.4 is 5.32 Å². The lowest BCUT2D eigenvalue weighted by molar-refractivity contribution is -0.125. The second-order valence-corrected chi connectivity index (χ2v) is 7.56. The van der Waals surface area contributed by atoms with Gasteiger partial charge in [0.1, 0.15) is 6.04 Å². The highest BCUT2D eigenvalue weighted by atomic mass is 32.1. The quantitative estimate of drug-likeness (QED) is 0.657. The van der Waals surface area contributed by atoms with Crippen LogP contribution in [0.5, 0.6) is 0 Å². The molecule has 0 aliphatic carbocycles. The Kier molecular flexibility index (Phi) is 5.04. The van der Waals surface area contributed by atoms with Crippen molar-refractivity contribution in [3.05, 3.63) is 93.7 Å². The fourth-order valence-corrected chi connectivity index (χ4v) is 3.98. The zero-order chi connectivity index (χ0) is 19.5. The average Bonchev–Trinajstić information content (AvgIpc) is 3.33. The summed E-state index contributed by atoms with van der Waals surface area (Å²) in [5.74, 6) is -1.19. The van der Waals surface area contributed by atoms with Crippen molar-refractivity contribution >= 4 is 29.1 Å². The number of hydrogen-bond acceptors (Lipinski definition) is 4. The topological polar surface area (TPSA) is 66.5 Å². The van der Waals surface area contributed by atoms with Crippen LogP contribution in [0.2, 0.25) is 0 Å². The Hall–Kier alpha value is -3.25. The third-order valence-corrected chi connectivity index (χ3v) is 5.61. The Labute approximate surface area is 166 Å². The van der Waals surface area contributed by atoms with Crippen LogP contribution in [0.25, 0.3) is 0 Å². The molecule has 3 amide bonds. The number of hydrogen-bond donors (Lipinski definition) is 1. The number of fused-ring (bicyclic) bond motifs is 1. The smallest absolute Gasteiger partial charge is 0.262 e. The van der Waals surface area contributed by atoms with E-state index >= 15 is 0 Å². The van der Waals surface area contributed by atoms with Gasteiger partial charge in [-0.15, -0.1) is 11.3 Å². The summed E-state index contributed by atoms with van der Waals surface area (Å²) in [6.45, 7) is 0.366. The number of amides is 3. The predicted molar refractivity (Wildman–Crippen MR) is 107 cm³/mol. The molecule has 140 valence electrons. The van der Waals surface area contributed by atoms with Crippen molar-refractivity contribution in [2.75, 3.05) is 0 Å². The van der Waals surface area contributed by atoms with Gasteiger partial charge in [0.05, 0.1) is 17.7 Å². The second kappa shape index (κ2) is 7.78. The SMILES string of the molecule is O=C(NCc1cccs1)[C@H](Cc1ccccc1)N1C(=O)c2ccccc2C1=O. The first-order chi connectivity index (χ1) is 13.6. The number of thiophene rings is 1. The molecule has 0 bridgehead atoms. The molecule has 0 unspecified atom stereocenters. The van der Waals surface area contributed by atoms with Crippen LogP contribution in [0.1, 0.15) is 31.2 Å². The molecule has 5 nitrogen and oxygen atoms in total. The lowest BCUT2D eigenvalue weighted by Crippen LogP contribution is -2.50. The van der Waals surface area contributed by atoms with Crippen LogP contribution in [0, 0.1) is 0 Å². The third kappa shape index (κ3) is 3.46. The van der Waals surface area contributed by atoms with Gasteiger partial charge >= 0.3 is 0 Å². The Bertz CT molecular complexity index is 980. The molecule has 1 aromatic heterocycles. The van der Waals surface area contributed by atoms with Crippen molar-refractivity contribution in [3.8, 4) is 0 Å². The Balaban J connectivity index is 1.62. The predicted octanol–water partition coefficient (Wildman–Crippen LogP) is 3.27. The highest BCUT2D eigenvalue weighted by Crippen LogP contribution is 2.26. The van der Waals surface area contributed by atoms with Gasteiger partial charge in [-0.25, -0.2) is 0 Å². The Morgan fingerprint density at radius 2 is 1.54 bits per heavy atom. The Morgan fingerprint density at radius 3 is 2.14 bits per heavy atom. The lowest BCUT2D eigenvalue weighted by Gasteiger charge is -2.25. The maximum absolute atomic E-state index is 13.0. The number of rotatable bonds is 6. The molecule has 1 aliphatic rings. The molecule has 4 rings (SSSR count). The van der Waals surface area contributed by atoms with E-state index < -0.39 is 17.9 Å². The van der Waals surface area contributed by atoms with Crippen molar-refractivity contribution in [1.82, 2.24) is 10.2 Å². The number of nitrogens with zero attached hydrogens (tertiary/aromatic N) is 1. The lowest BCUT2D eigenvalue weighted by atomic mass is 10.0. The molecule has 0 fully saturated rings. The third-order valence-electron chi connectivity index (χ3n) is 4.73. The average molecular weight is 390 g/mol. The van der Waals surface area contributed by atoms with Gasteiger partial charge in [0.2, 0.25) is 5.91 Å². The largest absolute Gasteiger partial charge is 0.349 e. The van der Waals surface area contributed by atoms with E-state index in [1.807, 2.05) is 47.8 Å². The maximum Gasteiger partial charge on any atom is 0.262 e. The van der Waals surface area contributed by atoms with E-state index in [9.17, 15) is 14.4 Å². The molecule has 28 heavy (non-hydrogen) atoms. The Morgan fingerprint density at radius 1 is 0.893 bits per heavy atom. The van der Waals surface area contributed by atoms with Gasteiger partial charge in [-0.2, -0.15) is 0 Å². The molecule has 3 aromatic rings. The molecule has 0 saturated carbocycles. The van der Waals surface area contributed by atoms with E-state index in [0.717, 1.165) is 15.3 Å². The summed E-state index contributed by atoms with van der Waals surface area (Å²) in [5, 5.41) is 4.81. The number of nitrogens with one attached hydrogen (secondary N) is 1. The van der Waals surface area contributed by atoms with Crippen molar-refractivity contribution in [2.45, 2.75) is 19.0 Å². The van der Waals surface area contributed by atoms with Gasteiger partial charge in [-0.3, -0.25) is 19.3 Å². The van der Waals surface area contributed by atoms with E-state index in [1.165, 1.54) is 0 Å². The molecule has 0 saturated heterocycles. The van der Waals surface area contributed by atoms with E-state index in [1.54, 1.807) is 35.6 Å². The summed E-state index contributed by atoms with van der Waals surface area (Å²) in [6.07, 6.45) is 0.266. The summed E-state index contributed by atoms with van der Waals surface area (Å²) in [6, 6.07) is 19.0. The standard InChI is InChI=1S/C22H18N2O3S/c25-20(23-14-16-9-6-12-28-16)19(13-15-7-2-1-3-8-15)24-21(26)17-10-4-5-11-18(17)22(24)27/h1-12,19H,13-14H2,(H,23,25)/t19-/m0/s1. The molecule has 0 radical (unpaired) electrons. The molecule has 1 aliphatic heterocycles. The van der Waals surface area contributed by atoms with Gasteiger partial charge in [0.15, 0.2) is 0 Å². The van der Waals surface area contributed by atoms with Crippen molar-refractivity contribution in [2.24, 2.45) is 0 Å². The van der Waals surface area contributed by atoms with Crippen molar-refractivity contribution in [1.29, 1.82) is 0 Å². The van der Waals surface area contributed by atoms with Crippen LogP contribution in [-0.4, -0.2) is 28.7 Å². The zero-order valence-corrected chi connectivity index (χ0v) is 15.8. The number of imide groups is 1. The van der Waals surface area contributed by atoms with Gasteiger partial charge in [-0.1, -0.05) is 48.5 Å². The minimum absolute atomic E-state index is 0.266. The van der Waals surface area contributed by atoms with Crippen molar-refractivity contribution < 1.29 is 14.4 Å². The molecule has 6 heteroatoms. The van der Waals surface area contributed by atoms with Crippen LogP contribution in [-0.2, 0) is 17.8 Å². The molecule has 2 aromatic carbocycles. The van der Waals surface area contributed by atoms with Crippen LogP contribution >= 0.6 is 11.3 Å². The normalized spacial score (nSPS) is 14.1. The maximum atomic E-state index is 13.0. The van der Waals surface area contributed by atoms with Crippen LogP contribution in [0.4, 0.5) is 0 Å². The fraction of sp³-hybridized carbons (Fsp3) is 0.136. The van der Waals surface area contributed by atoms with Crippen molar-refractivity contribution in [3.63, 3.8) is 0 Å². The summed E-state index contributed by atoms with van der Waals surface area (Å²) < 4.78 is 0. The van der Waals surface area contributed by atoms with E-state index in [0.29, 0.717) is 17.7 Å². The summed E-state index contributed by atoms with van der Waals surface area (Å²) in [4.78, 5) is 40.9. The monoisotopic (exact) mass is 390 g/mol. The summed E-state index contributed by atoms with van der Waals surface area (Å²) in [7, 11) is 0. The van der Waals surface area contributed by atoms with E-state index in [4.69, 9.17) is 0 Å². The van der Waals surface area contributed by atoms with Gasteiger partial charge in [0.25, 0.3) is 11.8 Å². The fourth-order valence-electron chi connectivity index (χ4n) is 3.33. The number of benzene rings is 2.